The molecule has 0 fully saturated rings. The predicted molar refractivity (Wildman–Crippen MR) is 114 cm³/mol. The molecule has 0 spiro atoms. The maximum absolute atomic E-state index is 9.50. The maximum atomic E-state index is 9.50. The van der Waals surface area contributed by atoms with Crippen LogP contribution < -0.4 is 0 Å². The van der Waals surface area contributed by atoms with Crippen molar-refractivity contribution in [3.05, 3.63) is 57.6 Å². The van der Waals surface area contributed by atoms with Crippen molar-refractivity contribution in [2.75, 3.05) is 0 Å². The Labute approximate surface area is 162 Å². The fraction of sp³-hybridized carbons (Fsp3) is 0.167. The lowest BCUT2D eigenvalue weighted by molar-refractivity contribution is 1.38. The van der Waals surface area contributed by atoms with Gasteiger partial charge >= 0.3 is 0 Å². The van der Waals surface area contributed by atoms with Crippen LogP contribution in [0.1, 0.15) is 33.4 Å². The third kappa shape index (κ3) is 1.92. The highest BCUT2D eigenvalue weighted by Gasteiger charge is 2.17. The standard InChI is InChI=1S/C24H18N4/c1-11-5-15(9-25)13(3)21-17-7-20-18(8-19(17)27-23(11)21)22-14(4)16(10-26)6-12(2)24(22)28-20/h5-8,27-28H,1-4H3. The van der Waals surface area contributed by atoms with E-state index in [4.69, 9.17) is 0 Å². The molecule has 0 bridgehead atoms. The summed E-state index contributed by atoms with van der Waals surface area (Å²) in [5.74, 6) is 0. The van der Waals surface area contributed by atoms with Crippen LogP contribution in [0.25, 0.3) is 43.6 Å². The summed E-state index contributed by atoms with van der Waals surface area (Å²) in [7, 11) is 0. The fourth-order valence-electron chi connectivity index (χ4n) is 4.55. The van der Waals surface area contributed by atoms with Crippen molar-refractivity contribution in [3.63, 3.8) is 0 Å². The summed E-state index contributed by atoms with van der Waals surface area (Å²) < 4.78 is 0. The average molecular weight is 362 g/mol. The van der Waals surface area contributed by atoms with Gasteiger partial charge in [-0.2, -0.15) is 10.5 Å². The Kier molecular flexibility index (Phi) is 3.15. The first-order chi connectivity index (χ1) is 13.4. The number of aromatic amines is 2. The zero-order chi connectivity index (χ0) is 19.7. The molecule has 5 aromatic rings. The first-order valence-electron chi connectivity index (χ1n) is 9.26. The SMILES string of the molecule is Cc1cc(C#N)c(C)c2c1[nH]c1cc3c(cc12)[nH]c1c(C)cc(C#N)c(C)c13. The van der Waals surface area contributed by atoms with Crippen molar-refractivity contribution in [2.24, 2.45) is 0 Å². The molecule has 2 N–H and O–H groups in total. The Morgan fingerprint density at radius 3 is 1.39 bits per heavy atom. The van der Waals surface area contributed by atoms with Crippen molar-refractivity contribution in [3.8, 4) is 12.1 Å². The lowest BCUT2D eigenvalue weighted by Crippen LogP contribution is -1.87. The molecule has 134 valence electrons. The summed E-state index contributed by atoms with van der Waals surface area (Å²) in [5.41, 5.74) is 9.83. The monoisotopic (exact) mass is 362 g/mol. The summed E-state index contributed by atoms with van der Waals surface area (Å²) in [4.78, 5) is 7.12. The third-order valence-electron chi connectivity index (χ3n) is 6.02. The molecule has 5 rings (SSSR count). The Morgan fingerprint density at radius 1 is 0.643 bits per heavy atom. The highest BCUT2D eigenvalue weighted by atomic mass is 14.7. The van der Waals surface area contributed by atoms with Gasteiger partial charge in [0.05, 0.1) is 23.3 Å². The molecule has 0 saturated carbocycles. The summed E-state index contributed by atoms with van der Waals surface area (Å²) in [5, 5.41) is 23.4. The number of nitriles is 2. The van der Waals surface area contributed by atoms with Crippen molar-refractivity contribution in [1.29, 1.82) is 10.5 Å². The number of aromatic nitrogens is 2. The molecule has 4 heteroatoms. The zero-order valence-electron chi connectivity index (χ0n) is 16.2. The van der Waals surface area contributed by atoms with E-state index in [-0.39, 0.29) is 0 Å². The zero-order valence-corrected chi connectivity index (χ0v) is 16.2. The van der Waals surface area contributed by atoms with Crippen LogP contribution in [0.4, 0.5) is 0 Å². The number of nitrogens with one attached hydrogen (secondary N) is 2. The molecule has 0 aliphatic carbocycles. The number of rotatable bonds is 0. The van der Waals surface area contributed by atoms with Gasteiger partial charge in [-0.15, -0.1) is 0 Å². The van der Waals surface area contributed by atoms with E-state index in [0.717, 1.165) is 65.9 Å². The van der Waals surface area contributed by atoms with Crippen LogP contribution in [0.5, 0.6) is 0 Å². The molecule has 0 aliphatic rings. The van der Waals surface area contributed by atoms with Crippen LogP contribution >= 0.6 is 0 Å². The van der Waals surface area contributed by atoms with Gasteiger partial charge < -0.3 is 9.97 Å². The quantitative estimate of drug-likeness (QED) is 0.358. The van der Waals surface area contributed by atoms with Gasteiger partial charge in [0, 0.05) is 43.6 Å². The Hall–Kier alpha value is -3.76. The van der Waals surface area contributed by atoms with Gasteiger partial charge in [0.25, 0.3) is 0 Å². The summed E-state index contributed by atoms with van der Waals surface area (Å²) in [6.07, 6.45) is 0. The molecule has 0 aliphatic heterocycles. The van der Waals surface area contributed by atoms with Gasteiger partial charge in [-0.1, -0.05) is 0 Å². The minimum atomic E-state index is 0.716. The number of nitrogens with zero attached hydrogens (tertiary/aromatic N) is 2. The number of benzene rings is 3. The molecule has 0 atom stereocenters. The number of H-pyrrole nitrogens is 2. The smallest absolute Gasteiger partial charge is 0.0994 e. The number of hydrogen-bond donors (Lipinski definition) is 2. The number of aryl methyl sites for hydroxylation is 4. The van der Waals surface area contributed by atoms with E-state index in [0.29, 0.717) is 11.1 Å². The summed E-state index contributed by atoms with van der Waals surface area (Å²) >= 11 is 0. The van der Waals surface area contributed by atoms with E-state index in [1.807, 2.05) is 39.8 Å². The first-order valence-corrected chi connectivity index (χ1v) is 9.26. The lowest BCUT2D eigenvalue weighted by Gasteiger charge is -2.04. The molecule has 0 saturated heterocycles. The number of hydrogen-bond acceptors (Lipinski definition) is 2. The molecular weight excluding hydrogens is 344 g/mol. The second-order valence-corrected chi connectivity index (χ2v) is 7.65. The largest absolute Gasteiger partial charge is 0.354 e. The summed E-state index contributed by atoms with van der Waals surface area (Å²) in [6.45, 7) is 8.09. The maximum Gasteiger partial charge on any atom is 0.0994 e. The molecule has 0 radical (unpaired) electrons. The van der Waals surface area contributed by atoms with Gasteiger partial charge in [-0.25, -0.2) is 0 Å². The minimum Gasteiger partial charge on any atom is -0.354 e. The molecule has 2 aromatic heterocycles. The van der Waals surface area contributed by atoms with Crippen molar-refractivity contribution >= 4 is 43.6 Å². The Morgan fingerprint density at radius 2 is 1.04 bits per heavy atom. The Balaban J connectivity index is 2.01. The van der Waals surface area contributed by atoms with Gasteiger partial charge in [-0.05, 0) is 74.2 Å². The van der Waals surface area contributed by atoms with Crippen LogP contribution in [-0.4, -0.2) is 9.97 Å². The average Bonchev–Trinajstić information content (AvgIpc) is 3.24. The molecule has 0 amide bonds. The van der Waals surface area contributed by atoms with Gasteiger partial charge in [0.15, 0.2) is 0 Å². The molecule has 0 unspecified atom stereocenters. The van der Waals surface area contributed by atoms with E-state index < -0.39 is 0 Å². The second kappa shape index (κ2) is 5.38. The highest BCUT2D eigenvalue weighted by Crippen LogP contribution is 2.38. The fourth-order valence-corrected chi connectivity index (χ4v) is 4.55. The van der Waals surface area contributed by atoms with Crippen LogP contribution in [0.2, 0.25) is 0 Å². The van der Waals surface area contributed by atoms with Gasteiger partial charge in [0.1, 0.15) is 0 Å². The third-order valence-corrected chi connectivity index (χ3v) is 6.02. The van der Waals surface area contributed by atoms with E-state index in [1.165, 1.54) is 0 Å². The normalized spacial score (nSPS) is 11.5. The van der Waals surface area contributed by atoms with E-state index >= 15 is 0 Å². The molecule has 4 nitrogen and oxygen atoms in total. The summed E-state index contributed by atoms with van der Waals surface area (Å²) in [6, 6.07) is 12.9. The topological polar surface area (TPSA) is 79.2 Å². The minimum absolute atomic E-state index is 0.716. The van der Waals surface area contributed by atoms with E-state index in [1.54, 1.807) is 0 Å². The van der Waals surface area contributed by atoms with Gasteiger partial charge in [0.2, 0.25) is 0 Å². The molecule has 2 heterocycles. The molecule has 3 aromatic carbocycles. The van der Waals surface area contributed by atoms with Crippen molar-refractivity contribution < 1.29 is 0 Å². The van der Waals surface area contributed by atoms with E-state index in [2.05, 4.69) is 34.2 Å². The van der Waals surface area contributed by atoms with Crippen LogP contribution in [0.15, 0.2) is 24.3 Å². The second-order valence-electron chi connectivity index (χ2n) is 7.65. The van der Waals surface area contributed by atoms with Crippen molar-refractivity contribution in [2.45, 2.75) is 27.7 Å². The number of fused-ring (bicyclic) bond motifs is 6. The lowest BCUT2D eigenvalue weighted by atomic mass is 9.97. The highest BCUT2D eigenvalue weighted by molar-refractivity contribution is 6.19. The van der Waals surface area contributed by atoms with Crippen LogP contribution in [0.3, 0.4) is 0 Å². The molecular formula is C24H18N4. The Bertz CT molecular complexity index is 1440. The predicted octanol–water partition coefficient (Wildman–Crippen LogP) is 5.93. The molecule has 28 heavy (non-hydrogen) atoms. The van der Waals surface area contributed by atoms with E-state index in [9.17, 15) is 10.5 Å². The first kappa shape index (κ1) is 16.4. The van der Waals surface area contributed by atoms with Gasteiger partial charge in [-0.3, -0.25) is 0 Å². The van der Waals surface area contributed by atoms with Crippen molar-refractivity contribution in [1.82, 2.24) is 9.97 Å². The van der Waals surface area contributed by atoms with Crippen LogP contribution in [0, 0.1) is 50.4 Å². The van der Waals surface area contributed by atoms with Crippen LogP contribution in [-0.2, 0) is 0 Å².